The van der Waals surface area contributed by atoms with E-state index in [4.69, 9.17) is 0 Å². The van der Waals surface area contributed by atoms with E-state index in [9.17, 15) is 9.59 Å². The summed E-state index contributed by atoms with van der Waals surface area (Å²) in [7, 11) is 3.37. The molecule has 0 saturated heterocycles. The standard InChI is InChI=1S/C20H24N8O2S/c1-13(2)14-6-8-15(9-7-14)28-19(22-23-24-28)31-11-5-10-27-18(29)16-17(21-12-25(16)3)26(4)20(27)30/h6-9,12-13H,5,10-11H2,1-4H3. The number of nitrogens with zero attached hydrogens (tertiary/aromatic N) is 8. The summed E-state index contributed by atoms with van der Waals surface area (Å²) in [5.41, 5.74) is 2.27. The van der Waals surface area contributed by atoms with Gasteiger partial charge in [-0.15, -0.1) is 5.10 Å². The van der Waals surface area contributed by atoms with Gasteiger partial charge in [0.05, 0.1) is 12.0 Å². The Morgan fingerprint density at radius 2 is 1.84 bits per heavy atom. The molecule has 0 bridgehead atoms. The van der Waals surface area contributed by atoms with Crippen LogP contribution in [0.2, 0.25) is 0 Å². The largest absolute Gasteiger partial charge is 0.332 e. The van der Waals surface area contributed by atoms with E-state index in [1.807, 2.05) is 12.1 Å². The van der Waals surface area contributed by atoms with Gasteiger partial charge in [0.15, 0.2) is 11.2 Å². The first-order valence-corrected chi connectivity index (χ1v) is 11.0. The van der Waals surface area contributed by atoms with E-state index in [1.165, 1.54) is 26.5 Å². The molecule has 31 heavy (non-hydrogen) atoms. The van der Waals surface area contributed by atoms with Crippen LogP contribution in [0, 0.1) is 0 Å². The SMILES string of the molecule is CC(C)c1ccc(-n2nnnc2SCCCn2c(=O)c3c(ncn3C)n(C)c2=O)cc1. The second-order valence-corrected chi connectivity index (χ2v) is 8.71. The molecule has 4 rings (SSSR count). The molecule has 0 unspecified atom stereocenters. The maximum Gasteiger partial charge on any atom is 0.332 e. The molecule has 0 aliphatic carbocycles. The molecule has 0 N–H and O–H groups in total. The summed E-state index contributed by atoms with van der Waals surface area (Å²) in [6.07, 6.45) is 2.15. The fourth-order valence-corrected chi connectivity index (χ4v) is 4.23. The minimum absolute atomic E-state index is 0.310. The first-order chi connectivity index (χ1) is 14.9. The molecule has 4 aromatic rings. The highest BCUT2D eigenvalue weighted by atomic mass is 32.2. The van der Waals surface area contributed by atoms with Gasteiger partial charge in [0.25, 0.3) is 5.56 Å². The number of tetrazole rings is 1. The summed E-state index contributed by atoms with van der Waals surface area (Å²) in [4.78, 5) is 29.5. The van der Waals surface area contributed by atoms with Crippen molar-refractivity contribution in [1.82, 2.24) is 38.9 Å². The van der Waals surface area contributed by atoms with Crippen molar-refractivity contribution in [2.75, 3.05) is 5.75 Å². The van der Waals surface area contributed by atoms with E-state index < -0.39 is 0 Å². The lowest BCUT2D eigenvalue weighted by atomic mass is 10.0. The number of hydrogen-bond acceptors (Lipinski definition) is 7. The average molecular weight is 441 g/mol. The summed E-state index contributed by atoms with van der Waals surface area (Å²) in [6.45, 7) is 4.61. The smallest absolute Gasteiger partial charge is 0.328 e. The van der Waals surface area contributed by atoms with Crippen molar-refractivity contribution in [1.29, 1.82) is 0 Å². The zero-order chi connectivity index (χ0) is 22.1. The lowest BCUT2D eigenvalue weighted by Gasteiger charge is -2.09. The Morgan fingerprint density at radius 1 is 1.10 bits per heavy atom. The summed E-state index contributed by atoms with van der Waals surface area (Å²) < 4.78 is 6.01. The summed E-state index contributed by atoms with van der Waals surface area (Å²) >= 11 is 1.49. The van der Waals surface area contributed by atoms with E-state index >= 15 is 0 Å². The molecule has 1 aromatic carbocycles. The molecule has 0 aliphatic heterocycles. The normalized spacial score (nSPS) is 11.6. The van der Waals surface area contributed by atoms with Gasteiger partial charge in [-0.1, -0.05) is 37.7 Å². The van der Waals surface area contributed by atoms with E-state index in [0.29, 0.717) is 41.0 Å². The summed E-state index contributed by atoms with van der Waals surface area (Å²) in [5, 5.41) is 12.7. The van der Waals surface area contributed by atoms with Gasteiger partial charge in [0.2, 0.25) is 5.16 Å². The van der Waals surface area contributed by atoms with Gasteiger partial charge >= 0.3 is 5.69 Å². The van der Waals surface area contributed by atoms with Gasteiger partial charge in [-0.2, -0.15) is 4.68 Å². The summed E-state index contributed by atoms with van der Waals surface area (Å²) in [6, 6.07) is 8.16. The Kier molecular flexibility index (Phi) is 5.77. The van der Waals surface area contributed by atoms with Crippen LogP contribution in [0.15, 0.2) is 45.3 Å². The topological polar surface area (TPSA) is 105 Å². The molecule has 0 amide bonds. The van der Waals surface area contributed by atoms with Crippen LogP contribution < -0.4 is 11.2 Å². The first kappa shape index (κ1) is 21.0. The van der Waals surface area contributed by atoms with Crippen molar-refractivity contribution in [2.24, 2.45) is 14.1 Å². The second kappa shape index (κ2) is 8.50. The van der Waals surface area contributed by atoms with Gasteiger partial charge in [0.1, 0.15) is 0 Å². The third-order valence-corrected chi connectivity index (χ3v) is 6.21. The number of aryl methyl sites for hydroxylation is 2. The minimum Gasteiger partial charge on any atom is -0.328 e. The number of thioether (sulfide) groups is 1. The predicted molar refractivity (Wildman–Crippen MR) is 119 cm³/mol. The molecular weight excluding hydrogens is 416 g/mol. The minimum atomic E-state index is -0.365. The van der Waals surface area contributed by atoms with Crippen LogP contribution in [0.5, 0.6) is 0 Å². The van der Waals surface area contributed by atoms with Gasteiger partial charge in [-0.3, -0.25) is 13.9 Å². The molecule has 0 atom stereocenters. The van der Waals surface area contributed by atoms with Crippen molar-refractivity contribution in [2.45, 2.75) is 37.9 Å². The van der Waals surface area contributed by atoms with Crippen molar-refractivity contribution >= 4 is 22.9 Å². The third-order valence-electron chi connectivity index (χ3n) is 5.20. The van der Waals surface area contributed by atoms with E-state index in [-0.39, 0.29) is 11.2 Å². The quantitative estimate of drug-likeness (QED) is 0.318. The van der Waals surface area contributed by atoms with Crippen molar-refractivity contribution < 1.29 is 0 Å². The molecule has 0 aliphatic rings. The molecule has 10 nitrogen and oxygen atoms in total. The Bertz CT molecular complexity index is 1330. The number of fused-ring (bicyclic) bond motifs is 1. The highest BCUT2D eigenvalue weighted by molar-refractivity contribution is 7.99. The fraction of sp³-hybridized carbons (Fsp3) is 0.400. The van der Waals surface area contributed by atoms with Crippen molar-refractivity contribution in [3.8, 4) is 5.69 Å². The third kappa shape index (κ3) is 3.92. The molecule has 162 valence electrons. The van der Waals surface area contributed by atoms with Crippen molar-refractivity contribution in [3.05, 3.63) is 57.0 Å². The van der Waals surface area contributed by atoms with Gasteiger partial charge in [0, 0.05) is 26.4 Å². The van der Waals surface area contributed by atoms with Gasteiger partial charge in [-0.25, -0.2) is 9.78 Å². The predicted octanol–water partition coefficient (Wildman–Crippen LogP) is 1.72. The first-order valence-electron chi connectivity index (χ1n) is 10.0. The lowest BCUT2D eigenvalue weighted by molar-refractivity contribution is 0.594. The Labute approximate surface area is 182 Å². The fourth-order valence-electron chi connectivity index (χ4n) is 3.41. The summed E-state index contributed by atoms with van der Waals surface area (Å²) in [5.74, 6) is 1.11. The number of hydrogen-bond donors (Lipinski definition) is 0. The van der Waals surface area contributed by atoms with Crippen molar-refractivity contribution in [3.63, 3.8) is 0 Å². The maximum absolute atomic E-state index is 12.8. The maximum atomic E-state index is 12.8. The van der Waals surface area contributed by atoms with Crippen LogP contribution in [-0.4, -0.2) is 44.6 Å². The zero-order valence-electron chi connectivity index (χ0n) is 17.9. The highest BCUT2D eigenvalue weighted by Gasteiger charge is 2.15. The molecule has 0 fully saturated rings. The molecule has 0 radical (unpaired) electrons. The van der Waals surface area contributed by atoms with E-state index in [1.54, 1.807) is 29.7 Å². The molecule has 0 saturated carbocycles. The molecule has 3 heterocycles. The Balaban J connectivity index is 1.46. The number of imidazole rings is 1. The number of benzene rings is 1. The van der Waals surface area contributed by atoms with Crippen LogP contribution in [0.1, 0.15) is 31.7 Å². The molecule has 0 spiro atoms. The number of rotatable bonds is 7. The second-order valence-electron chi connectivity index (χ2n) is 7.65. The van der Waals surface area contributed by atoms with Gasteiger partial charge in [-0.05, 0) is 40.5 Å². The highest BCUT2D eigenvalue weighted by Crippen LogP contribution is 2.21. The lowest BCUT2D eigenvalue weighted by Crippen LogP contribution is -2.39. The molecule has 3 aromatic heterocycles. The van der Waals surface area contributed by atoms with E-state index in [2.05, 4.69) is 46.5 Å². The van der Waals surface area contributed by atoms with Gasteiger partial charge < -0.3 is 4.57 Å². The number of aromatic nitrogens is 8. The molecular formula is C20H24N8O2S. The van der Waals surface area contributed by atoms with Crippen LogP contribution in [0.3, 0.4) is 0 Å². The van der Waals surface area contributed by atoms with Crippen LogP contribution in [0.4, 0.5) is 0 Å². The average Bonchev–Trinajstić information content (AvgIpc) is 3.38. The van der Waals surface area contributed by atoms with Crippen LogP contribution in [0.25, 0.3) is 16.9 Å². The molecule has 11 heteroatoms. The van der Waals surface area contributed by atoms with Crippen LogP contribution in [-0.2, 0) is 20.6 Å². The van der Waals surface area contributed by atoms with Crippen LogP contribution >= 0.6 is 11.8 Å². The Morgan fingerprint density at radius 3 is 2.55 bits per heavy atom. The zero-order valence-corrected chi connectivity index (χ0v) is 18.7. The van der Waals surface area contributed by atoms with E-state index in [0.717, 1.165) is 5.69 Å². The Hall–Kier alpha value is -3.21. The monoisotopic (exact) mass is 440 g/mol.